The van der Waals surface area contributed by atoms with Gasteiger partial charge in [0.15, 0.2) is 0 Å². The normalized spacial score (nSPS) is 17.1. The number of nitrogens with one attached hydrogen (secondary N) is 1. The summed E-state index contributed by atoms with van der Waals surface area (Å²) in [6.45, 7) is 4.99. The van der Waals surface area contributed by atoms with Crippen molar-refractivity contribution in [3.63, 3.8) is 0 Å². The average Bonchev–Trinajstić information content (AvgIpc) is 3.43. The van der Waals surface area contributed by atoms with Gasteiger partial charge >= 0.3 is 12.1 Å². The Kier molecular flexibility index (Phi) is 7.43. The number of nitrogens with zero attached hydrogens (tertiary/aromatic N) is 1. The highest BCUT2D eigenvalue weighted by molar-refractivity contribution is 5.83. The fourth-order valence-corrected chi connectivity index (χ4v) is 5.32. The van der Waals surface area contributed by atoms with E-state index in [0.717, 1.165) is 24.0 Å². The quantitative estimate of drug-likeness (QED) is 0.540. The van der Waals surface area contributed by atoms with Crippen LogP contribution in [-0.4, -0.2) is 53.7 Å². The second-order valence-corrected chi connectivity index (χ2v) is 10.1. The lowest BCUT2D eigenvalue weighted by atomic mass is 9.87. The third-order valence-electron chi connectivity index (χ3n) is 7.27. The van der Waals surface area contributed by atoms with Crippen molar-refractivity contribution >= 4 is 18.0 Å². The second-order valence-electron chi connectivity index (χ2n) is 10.1. The summed E-state index contributed by atoms with van der Waals surface area (Å²) in [6.07, 6.45) is 2.26. The number of aliphatic carboxylic acids is 1. The molecular weight excluding hydrogens is 444 g/mol. The molecule has 1 saturated heterocycles. The summed E-state index contributed by atoms with van der Waals surface area (Å²) in [4.78, 5) is 38.4. The van der Waals surface area contributed by atoms with Gasteiger partial charge in [-0.2, -0.15) is 0 Å². The van der Waals surface area contributed by atoms with E-state index in [0.29, 0.717) is 25.9 Å². The Balaban J connectivity index is 1.27. The lowest BCUT2D eigenvalue weighted by molar-refractivity contribution is -0.143. The third kappa shape index (κ3) is 5.50. The van der Waals surface area contributed by atoms with Crippen molar-refractivity contribution in [2.45, 2.75) is 57.9 Å². The topological polar surface area (TPSA) is 95.9 Å². The lowest BCUT2D eigenvalue weighted by Gasteiger charge is -2.33. The highest BCUT2D eigenvalue weighted by Crippen LogP contribution is 2.44. The number of carbonyl (C=O) groups excluding carboxylic acids is 2. The largest absolute Gasteiger partial charge is 0.481 e. The molecule has 2 aromatic carbocycles. The van der Waals surface area contributed by atoms with Crippen molar-refractivity contribution in [1.29, 1.82) is 0 Å². The van der Waals surface area contributed by atoms with Crippen molar-refractivity contribution in [3.05, 3.63) is 59.7 Å². The maximum absolute atomic E-state index is 13.2. The van der Waals surface area contributed by atoms with Crippen LogP contribution in [0.1, 0.15) is 63.0 Å². The Morgan fingerprint density at radius 3 is 2.31 bits per heavy atom. The molecule has 1 fully saturated rings. The molecule has 7 nitrogen and oxygen atoms in total. The van der Waals surface area contributed by atoms with E-state index in [1.807, 2.05) is 43.0 Å². The summed E-state index contributed by atoms with van der Waals surface area (Å²) in [6, 6.07) is 16.4. The highest BCUT2D eigenvalue weighted by atomic mass is 16.5. The van der Waals surface area contributed by atoms with Crippen molar-refractivity contribution in [2.24, 2.45) is 5.41 Å². The zero-order valence-electron chi connectivity index (χ0n) is 20.5. The average molecular weight is 479 g/mol. The van der Waals surface area contributed by atoms with Crippen LogP contribution in [0.5, 0.6) is 0 Å². The van der Waals surface area contributed by atoms with Crippen molar-refractivity contribution in [1.82, 2.24) is 10.2 Å². The monoisotopic (exact) mass is 478 g/mol. The molecule has 1 unspecified atom stereocenters. The van der Waals surface area contributed by atoms with Gasteiger partial charge in [-0.25, -0.2) is 4.79 Å². The first kappa shape index (κ1) is 24.8. The smallest absolute Gasteiger partial charge is 0.407 e. The van der Waals surface area contributed by atoms with Gasteiger partial charge in [-0.1, -0.05) is 62.4 Å². The number of likely N-dealkylation sites (tertiary alicyclic amines) is 1. The fourth-order valence-electron chi connectivity index (χ4n) is 5.32. The predicted molar refractivity (Wildman–Crippen MR) is 133 cm³/mol. The van der Waals surface area contributed by atoms with Gasteiger partial charge in [0.1, 0.15) is 6.61 Å². The van der Waals surface area contributed by atoms with E-state index in [1.165, 1.54) is 11.1 Å². The van der Waals surface area contributed by atoms with Crippen LogP contribution in [0.2, 0.25) is 0 Å². The molecule has 0 bridgehead atoms. The van der Waals surface area contributed by atoms with Gasteiger partial charge in [0.25, 0.3) is 0 Å². The first-order chi connectivity index (χ1) is 16.8. The molecule has 0 aromatic heterocycles. The van der Waals surface area contributed by atoms with Crippen LogP contribution in [0, 0.1) is 5.41 Å². The van der Waals surface area contributed by atoms with Gasteiger partial charge in [-0.05, 0) is 47.9 Å². The second kappa shape index (κ2) is 10.5. The van der Waals surface area contributed by atoms with E-state index in [2.05, 4.69) is 29.6 Å². The van der Waals surface area contributed by atoms with Crippen LogP contribution in [0.4, 0.5) is 4.79 Å². The van der Waals surface area contributed by atoms with Gasteiger partial charge in [0.2, 0.25) is 5.91 Å². The Hall–Kier alpha value is -3.35. The summed E-state index contributed by atoms with van der Waals surface area (Å²) in [5, 5.41) is 11.8. The van der Waals surface area contributed by atoms with Gasteiger partial charge in [-0.15, -0.1) is 0 Å². The van der Waals surface area contributed by atoms with Crippen molar-refractivity contribution in [3.8, 4) is 11.1 Å². The number of carbonyl (C=O) groups is 3. The number of carboxylic acid groups (broad SMARTS) is 1. The van der Waals surface area contributed by atoms with Crippen molar-refractivity contribution < 1.29 is 24.2 Å². The number of amides is 2. The number of carboxylic acids is 1. The number of hydrogen-bond donors (Lipinski definition) is 2. The van der Waals surface area contributed by atoms with E-state index >= 15 is 0 Å². The summed E-state index contributed by atoms with van der Waals surface area (Å²) in [5.41, 5.74) is 4.03. The number of rotatable bonds is 9. The van der Waals surface area contributed by atoms with E-state index in [9.17, 15) is 14.4 Å². The number of benzene rings is 2. The summed E-state index contributed by atoms with van der Waals surface area (Å²) in [7, 11) is 0. The van der Waals surface area contributed by atoms with Gasteiger partial charge in [0.05, 0.1) is 0 Å². The molecule has 2 amide bonds. The highest BCUT2D eigenvalue weighted by Gasteiger charge is 2.37. The van der Waals surface area contributed by atoms with Crippen LogP contribution in [-0.2, 0) is 14.3 Å². The molecule has 2 aromatic rings. The Morgan fingerprint density at radius 1 is 1.06 bits per heavy atom. The van der Waals surface area contributed by atoms with E-state index in [1.54, 1.807) is 0 Å². The number of fused-ring (bicyclic) bond motifs is 3. The van der Waals surface area contributed by atoms with Gasteiger partial charge < -0.3 is 20.1 Å². The third-order valence-corrected chi connectivity index (χ3v) is 7.27. The lowest BCUT2D eigenvalue weighted by Crippen LogP contribution is -2.45. The molecule has 35 heavy (non-hydrogen) atoms. The van der Waals surface area contributed by atoms with Gasteiger partial charge in [-0.3, -0.25) is 9.59 Å². The van der Waals surface area contributed by atoms with Crippen LogP contribution < -0.4 is 5.32 Å². The molecule has 0 radical (unpaired) electrons. The van der Waals surface area contributed by atoms with Gasteiger partial charge in [0, 0.05) is 36.9 Å². The summed E-state index contributed by atoms with van der Waals surface area (Å²) < 4.78 is 5.59. The molecule has 2 N–H and O–H groups in total. The van der Waals surface area contributed by atoms with E-state index in [4.69, 9.17) is 9.84 Å². The zero-order valence-corrected chi connectivity index (χ0v) is 20.5. The standard InChI is InChI=1S/C28H34N2O5/c1-28(2,26(33)30-17-7-8-19(30)13-14-25(31)32)15-16-29-27(34)35-18-24-22-11-5-3-9-20(22)21-10-4-6-12-23(21)24/h3-6,9-12,19,24H,7-8,13-18H2,1-2H3,(H,29,34)(H,31,32). The Bertz CT molecular complexity index is 1050. The molecule has 0 saturated carbocycles. The first-order valence-electron chi connectivity index (χ1n) is 12.4. The van der Waals surface area contributed by atoms with E-state index in [-0.39, 0.29) is 30.9 Å². The molecule has 0 spiro atoms. The summed E-state index contributed by atoms with van der Waals surface area (Å²) in [5.74, 6) is -0.820. The fraction of sp³-hybridized carbons (Fsp3) is 0.464. The summed E-state index contributed by atoms with van der Waals surface area (Å²) >= 11 is 0. The predicted octanol–water partition coefficient (Wildman–Crippen LogP) is 4.80. The molecule has 4 rings (SSSR count). The minimum Gasteiger partial charge on any atom is -0.481 e. The van der Waals surface area contributed by atoms with E-state index < -0.39 is 17.5 Å². The number of hydrogen-bond acceptors (Lipinski definition) is 4. The molecule has 1 atom stereocenters. The van der Waals surface area contributed by atoms with Crippen LogP contribution in [0.3, 0.4) is 0 Å². The van der Waals surface area contributed by atoms with Crippen molar-refractivity contribution in [2.75, 3.05) is 19.7 Å². The van der Waals surface area contributed by atoms with Crippen LogP contribution in [0.15, 0.2) is 48.5 Å². The maximum Gasteiger partial charge on any atom is 0.407 e. The first-order valence-corrected chi connectivity index (χ1v) is 12.4. The molecule has 7 heteroatoms. The number of ether oxygens (including phenoxy) is 1. The molecule has 2 aliphatic rings. The minimum atomic E-state index is -0.837. The van der Waals surface area contributed by atoms with Crippen LogP contribution >= 0.6 is 0 Å². The molecule has 1 heterocycles. The Labute approximate surface area is 206 Å². The maximum atomic E-state index is 13.2. The zero-order chi connectivity index (χ0) is 25.0. The minimum absolute atomic E-state index is 0.00377. The molecule has 186 valence electrons. The molecule has 1 aliphatic heterocycles. The van der Waals surface area contributed by atoms with Crippen LogP contribution in [0.25, 0.3) is 11.1 Å². The Morgan fingerprint density at radius 2 is 1.69 bits per heavy atom. The SMILES string of the molecule is CC(C)(CCNC(=O)OCC1c2ccccc2-c2ccccc21)C(=O)N1CCCC1CCC(=O)O. The number of alkyl carbamates (subject to hydrolysis) is 1. The molecule has 1 aliphatic carbocycles. The molecular formula is C28H34N2O5.